The fourth-order valence-electron chi connectivity index (χ4n) is 0.278. The van der Waals surface area contributed by atoms with Gasteiger partial charge in [-0.2, -0.15) is 0 Å². The highest BCUT2D eigenvalue weighted by Crippen LogP contribution is 1.95. The third-order valence-electron chi connectivity index (χ3n) is 0.528. The van der Waals surface area contributed by atoms with E-state index in [0.717, 1.165) is 0 Å². The Morgan fingerprint density at radius 3 is 2.38 bits per heavy atom. The van der Waals surface area contributed by atoms with Gasteiger partial charge in [-0.3, -0.25) is 4.98 Å². The van der Waals surface area contributed by atoms with Crippen LogP contribution in [0.25, 0.3) is 0 Å². The Kier molecular flexibility index (Phi) is 0.587. The van der Waals surface area contributed by atoms with E-state index in [9.17, 15) is 8.78 Å². The zero-order chi connectivity index (χ0) is 8.59. The summed E-state index contributed by atoms with van der Waals surface area (Å²) in [5, 5.41) is 0. The van der Waals surface area contributed by atoms with Gasteiger partial charge in [0.05, 0.1) is 16.5 Å². The zero-order valence-electron chi connectivity index (χ0n) is 6.70. The Bertz CT molecular complexity index is 276. The SMILES string of the molecule is [2H]c1nc([2H])c(F)c([2H])c1F. The molecule has 0 radical (unpaired) electrons. The van der Waals surface area contributed by atoms with Crippen molar-refractivity contribution >= 4 is 0 Å². The lowest BCUT2D eigenvalue weighted by Gasteiger charge is -1.83. The minimum Gasteiger partial charge on any atom is -0.259 e. The van der Waals surface area contributed by atoms with Crippen molar-refractivity contribution in [2.24, 2.45) is 0 Å². The van der Waals surface area contributed by atoms with Crippen molar-refractivity contribution in [2.75, 3.05) is 0 Å². The summed E-state index contributed by atoms with van der Waals surface area (Å²) < 4.78 is 44.9. The van der Waals surface area contributed by atoms with Gasteiger partial charge >= 0.3 is 0 Å². The summed E-state index contributed by atoms with van der Waals surface area (Å²) in [5.74, 6) is -2.67. The Balaban J connectivity index is 3.46. The first-order chi connectivity index (χ1) is 5.04. The minimum absolute atomic E-state index is 0.874. The molecule has 0 aromatic carbocycles. The quantitative estimate of drug-likeness (QED) is 0.501. The molecule has 1 rings (SSSR count). The van der Waals surface area contributed by atoms with E-state index in [0.29, 0.717) is 0 Å². The summed E-state index contributed by atoms with van der Waals surface area (Å²) in [7, 11) is 0. The molecular formula is C5H3F2N. The van der Waals surface area contributed by atoms with Crippen molar-refractivity contribution in [1.82, 2.24) is 4.98 Å². The van der Waals surface area contributed by atoms with Crippen LogP contribution in [-0.2, 0) is 0 Å². The van der Waals surface area contributed by atoms with E-state index in [2.05, 4.69) is 4.98 Å². The van der Waals surface area contributed by atoms with Crippen LogP contribution in [0, 0.1) is 11.6 Å². The Hall–Kier alpha value is -0.990. The first kappa shape index (κ1) is 2.53. The molecular weight excluding hydrogens is 112 g/mol. The number of rotatable bonds is 0. The molecule has 0 fully saturated rings. The summed E-state index contributed by atoms with van der Waals surface area (Å²) in [6, 6.07) is -1.07. The van der Waals surface area contributed by atoms with Crippen molar-refractivity contribution in [3.63, 3.8) is 0 Å². The largest absolute Gasteiger partial charge is 0.259 e. The molecule has 0 spiro atoms. The normalized spacial score (nSPS) is 14.5. The molecule has 1 aromatic heterocycles. The first-order valence-electron chi connectivity index (χ1n) is 3.33. The third-order valence-corrected chi connectivity index (χ3v) is 0.528. The lowest BCUT2D eigenvalue weighted by molar-refractivity contribution is 0.573. The average molecular weight is 118 g/mol. The van der Waals surface area contributed by atoms with E-state index in [-0.39, 0.29) is 0 Å². The molecule has 42 valence electrons. The second-order valence-electron chi connectivity index (χ2n) is 1.09. The molecule has 0 saturated carbocycles. The van der Waals surface area contributed by atoms with E-state index in [1.807, 2.05) is 0 Å². The third kappa shape index (κ3) is 0.992. The summed E-state index contributed by atoms with van der Waals surface area (Å²) in [6.07, 6.45) is -1.75. The lowest BCUT2D eigenvalue weighted by atomic mass is 10.5. The van der Waals surface area contributed by atoms with Gasteiger partial charge in [-0.05, 0) is 0 Å². The molecule has 1 aromatic rings. The van der Waals surface area contributed by atoms with Crippen LogP contribution in [-0.4, -0.2) is 4.98 Å². The summed E-state index contributed by atoms with van der Waals surface area (Å²) in [6.45, 7) is 0. The molecule has 1 heterocycles. The van der Waals surface area contributed by atoms with E-state index in [1.54, 1.807) is 0 Å². The van der Waals surface area contributed by atoms with Gasteiger partial charge in [0.15, 0.2) is 0 Å². The summed E-state index contributed by atoms with van der Waals surface area (Å²) >= 11 is 0. The number of halogens is 2. The van der Waals surface area contributed by atoms with Crippen LogP contribution < -0.4 is 0 Å². The van der Waals surface area contributed by atoms with Gasteiger partial charge in [0.1, 0.15) is 11.6 Å². The average Bonchev–Trinajstić information content (AvgIpc) is 1.97. The number of pyridine rings is 1. The van der Waals surface area contributed by atoms with E-state index in [1.165, 1.54) is 0 Å². The molecule has 0 aliphatic rings. The van der Waals surface area contributed by atoms with Crippen LogP contribution in [0.3, 0.4) is 0 Å². The Morgan fingerprint density at radius 1 is 1.38 bits per heavy atom. The highest BCUT2D eigenvalue weighted by atomic mass is 19.1. The van der Waals surface area contributed by atoms with Crippen molar-refractivity contribution in [1.29, 1.82) is 0 Å². The molecule has 0 N–H and O–H groups in total. The molecule has 0 aliphatic heterocycles. The van der Waals surface area contributed by atoms with Gasteiger partial charge in [-0.1, -0.05) is 0 Å². The maximum absolute atomic E-state index is 12.4. The molecule has 0 aliphatic carbocycles. The fraction of sp³-hybridized carbons (Fsp3) is 0. The molecule has 0 atom stereocenters. The van der Waals surface area contributed by atoms with Gasteiger partial charge in [0, 0.05) is 6.04 Å². The molecule has 0 unspecified atom stereocenters. The highest BCUT2D eigenvalue weighted by Gasteiger charge is 1.89. The van der Waals surface area contributed by atoms with Gasteiger partial charge < -0.3 is 0 Å². The molecule has 1 nitrogen and oxygen atoms in total. The summed E-state index contributed by atoms with van der Waals surface area (Å²) in [4.78, 5) is 2.90. The number of nitrogens with zero attached hydrogens (tertiary/aromatic N) is 1. The van der Waals surface area contributed by atoms with Crippen molar-refractivity contribution in [3.8, 4) is 0 Å². The van der Waals surface area contributed by atoms with Crippen LogP contribution in [0.4, 0.5) is 8.78 Å². The Morgan fingerprint density at radius 2 is 1.88 bits per heavy atom. The van der Waals surface area contributed by atoms with Crippen molar-refractivity contribution < 1.29 is 12.9 Å². The van der Waals surface area contributed by atoms with Crippen LogP contribution in [0.5, 0.6) is 0 Å². The fourth-order valence-corrected chi connectivity index (χ4v) is 0.278. The molecule has 0 saturated heterocycles. The predicted octanol–water partition coefficient (Wildman–Crippen LogP) is 1.36. The molecule has 0 amide bonds. The molecule has 3 heteroatoms. The minimum atomic E-state index is -1.33. The maximum Gasteiger partial charge on any atom is 0.144 e. The summed E-state index contributed by atoms with van der Waals surface area (Å²) in [5.41, 5.74) is 0. The smallest absolute Gasteiger partial charge is 0.144 e. The van der Waals surface area contributed by atoms with Gasteiger partial charge in [-0.25, -0.2) is 8.78 Å². The second kappa shape index (κ2) is 1.86. The number of hydrogen-bond acceptors (Lipinski definition) is 1. The van der Waals surface area contributed by atoms with Crippen LogP contribution in [0.15, 0.2) is 18.4 Å². The van der Waals surface area contributed by atoms with E-state index >= 15 is 0 Å². The van der Waals surface area contributed by atoms with Crippen LogP contribution in [0.1, 0.15) is 4.11 Å². The topological polar surface area (TPSA) is 12.9 Å². The first-order valence-corrected chi connectivity index (χ1v) is 1.83. The lowest BCUT2D eigenvalue weighted by Crippen LogP contribution is -1.78. The maximum atomic E-state index is 12.4. The Labute approximate surface area is 49.2 Å². The van der Waals surface area contributed by atoms with Crippen LogP contribution in [0.2, 0.25) is 0 Å². The highest BCUT2D eigenvalue weighted by molar-refractivity contribution is 4.95. The predicted molar refractivity (Wildman–Crippen MR) is 24.2 cm³/mol. The van der Waals surface area contributed by atoms with E-state index < -0.39 is 30.0 Å². The zero-order valence-corrected chi connectivity index (χ0v) is 3.70. The number of hydrogen-bond donors (Lipinski definition) is 0. The van der Waals surface area contributed by atoms with Gasteiger partial charge in [0.2, 0.25) is 0 Å². The van der Waals surface area contributed by atoms with Crippen LogP contribution >= 0.6 is 0 Å². The second-order valence-corrected chi connectivity index (χ2v) is 1.09. The monoisotopic (exact) mass is 118 g/mol. The van der Waals surface area contributed by atoms with Gasteiger partial charge in [-0.15, -0.1) is 0 Å². The van der Waals surface area contributed by atoms with Crippen molar-refractivity contribution in [3.05, 3.63) is 30.0 Å². The van der Waals surface area contributed by atoms with Crippen molar-refractivity contribution in [2.45, 2.75) is 0 Å². The number of aromatic nitrogens is 1. The molecule has 0 bridgehead atoms. The van der Waals surface area contributed by atoms with E-state index in [4.69, 9.17) is 4.11 Å². The standard InChI is InChI=1S/C5H3F2N/c6-4-1-5(7)3-8-2-4/h1-3H/i1D,2D,3D. The van der Waals surface area contributed by atoms with Gasteiger partial charge in [0.25, 0.3) is 0 Å². The molecule has 8 heavy (non-hydrogen) atoms.